The summed E-state index contributed by atoms with van der Waals surface area (Å²) in [5, 5.41) is 2.11. The Morgan fingerprint density at radius 1 is 1.05 bits per heavy atom. The molecule has 41 heavy (non-hydrogen) atoms. The molecule has 6 rings (SSSR count). The highest BCUT2D eigenvalue weighted by Gasteiger charge is 2.47. The fraction of sp³-hybridized carbons (Fsp3) is 0.562. The molecule has 1 aliphatic carbocycles. The van der Waals surface area contributed by atoms with E-state index in [1.807, 2.05) is 23.6 Å². The second-order valence-corrected chi connectivity index (χ2v) is 14.0. The molecule has 1 aromatic heterocycles. The molecule has 1 saturated heterocycles. The summed E-state index contributed by atoms with van der Waals surface area (Å²) >= 11 is 3.45. The number of thiophene rings is 1. The zero-order chi connectivity index (χ0) is 28.7. The van der Waals surface area contributed by atoms with Gasteiger partial charge in [0.05, 0.1) is 29.7 Å². The van der Waals surface area contributed by atoms with Crippen LogP contribution in [0.15, 0.2) is 41.4 Å². The third-order valence-electron chi connectivity index (χ3n) is 9.15. The van der Waals surface area contributed by atoms with Gasteiger partial charge in [-0.05, 0) is 93.0 Å². The van der Waals surface area contributed by atoms with E-state index < -0.39 is 0 Å². The van der Waals surface area contributed by atoms with Gasteiger partial charge in [-0.3, -0.25) is 9.59 Å². The highest BCUT2D eigenvalue weighted by molar-refractivity contribution is 8.00. The van der Waals surface area contributed by atoms with E-state index in [1.54, 1.807) is 30.2 Å². The number of carbonyl (C=O) groups excluding carboxylic acids is 2. The highest BCUT2D eigenvalue weighted by Crippen LogP contribution is 2.51. The third-order valence-corrected chi connectivity index (χ3v) is 11.5. The van der Waals surface area contributed by atoms with Gasteiger partial charge in [0.15, 0.2) is 11.5 Å². The molecule has 4 heterocycles. The van der Waals surface area contributed by atoms with E-state index in [0.29, 0.717) is 19.6 Å². The average molecular weight is 596 g/mol. The van der Waals surface area contributed by atoms with Crippen LogP contribution in [0.1, 0.15) is 67.5 Å². The van der Waals surface area contributed by atoms with E-state index in [0.717, 1.165) is 62.4 Å². The first kappa shape index (κ1) is 28.5. The molecule has 2 atom stereocenters. The molecule has 0 bridgehead atoms. The second kappa shape index (κ2) is 11.6. The first-order valence-corrected chi connectivity index (χ1v) is 17.0. The number of hydrogen-bond acceptors (Lipinski definition) is 7. The van der Waals surface area contributed by atoms with Crippen molar-refractivity contribution in [2.24, 2.45) is 0 Å². The molecule has 7 nitrogen and oxygen atoms in total. The number of rotatable bonds is 7. The molecule has 9 heteroatoms. The van der Waals surface area contributed by atoms with E-state index in [1.165, 1.54) is 16.0 Å². The molecule has 2 amide bonds. The fourth-order valence-corrected chi connectivity index (χ4v) is 8.69. The van der Waals surface area contributed by atoms with Gasteiger partial charge in [-0.2, -0.15) is 0 Å². The first-order chi connectivity index (χ1) is 19.8. The van der Waals surface area contributed by atoms with Crippen LogP contribution in [0.25, 0.3) is 0 Å². The quantitative estimate of drug-likeness (QED) is 0.423. The van der Waals surface area contributed by atoms with Gasteiger partial charge < -0.3 is 24.2 Å². The Hall–Kier alpha value is -2.65. The maximum Gasteiger partial charge on any atom is 0.269 e. The number of hydrogen-bond donors (Lipinski definition) is 0. The largest absolute Gasteiger partial charge is 0.493 e. The van der Waals surface area contributed by atoms with E-state index in [2.05, 4.69) is 46.9 Å². The summed E-state index contributed by atoms with van der Waals surface area (Å²) in [4.78, 5) is 35.2. The van der Waals surface area contributed by atoms with Gasteiger partial charge in [-0.15, -0.1) is 23.1 Å². The van der Waals surface area contributed by atoms with Crippen molar-refractivity contribution >= 4 is 34.9 Å². The van der Waals surface area contributed by atoms with Crippen LogP contribution in [-0.2, 0) is 16.0 Å². The summed E-state index contributed by atoms with van der Waals surface area (Å²) in [7, 11) is 1.69. The van der Waals surface area contributed by atoms with Gasteiger partial charge in [-0.1, -0.05) is 6.07 Å². The van der Waals surface area contributed by atoms with Crippen LogP contribution in [0.3, 0.4) is 0 Å². The molecule has 0 radical (unpaired) electrons. The second-order valence-electron chi connectivity index (χ2n) is 11.8. The van der Waals surface area contributed by atoms with E-state index in [-0.39, 0.29) is 34.6 Å². The molecular weight excluding hydrogens is 555 g/mol. The highest BCUT2D eigenvalue weighted by atomic mass is 32.2. The van der Waals surface area contributed by atoms with Crippen LogP contribution in [0, 0.1) is 0 Å². The number of thioether (sulfide) groups is 1. The summed E-state index contributed by atoms with van der Waals surface area (Å²) < 4.78 is 11.6. The van der Waals surface area contributed by atoms with Gasteiger partial charge in [0.2, 0.25) is 5.91 Å². The number of amides is 2. The Morgan fingerprint density at radius 3 is 2.49 bits per heavy atom. The Morgan fingerprint density at radius 2 is 1.83 bits per heavy atom. The molecule has 0 spiro atoms. The van der Waals surface area contributed by atoms with Crippen LogP contribution in [0.5, 0.6) is 11.5 Å². The van der Waals surface area contributed by atoms with Crippen LogP contribution in [-0.4, -0.2) is 83.5 Å². The van der Waals surface area contributed by atoms with Crippen molar-refractivity contribution in [1.29, 1.82) is 0 Å². The van der Waals surface area contributed by atoms with Crippen molar-refractivity contribution in [2.75, 3.05) is 46.1 Å². The third kappa shape index (κ3) is 5.13. The van der Waals surface area contributed by atoms with Crippen LogP contribution >= 0.6 is 23.1 Å². The molecule has 4 aliphatic rings. The van der Waals surface area contributed by atoms with Crippen LogP contribution < -0.4 is 9.47 Å². The maximum absolute atomic E-state index is 14.2. The zero-order valence-electron chi connectivity index (χ0n) is 24.6. The number of benzene rings is 1. The van der Waals surface area contributed by atoms with Crippen LogP contribution in [0.4, 0.5) is 0 Å². The minimum Gasteiger partial charge on any atom is -0.493 e. The number of ether oxygens (including phenoxy) is 2. The molecule has 2 aromatic rings. The molecule has 1 aromatic carbocycles. The van der Waals surface area contributed by atoms with Gasteiger partial charge >= 0.3 is 0 Å². The smallest absolute Gasteiger partial charge is 0.269 e. The van der Waals surface area contributed by atoms with Gasteiger partial charge in [0.1, 0.15) is 0 Å². The first-order valence-electron chi connectivity index (χ1n) is 14.9. The topological polar surface area (TPSA) is 62.3 Å². The van der Waals surface area contributed by atoms with E-state index in [4.69, 9.17) is 9.47 Å². The molecule has 1 saturated carbocycles. The number of methoxy groups -OCH3 is 1. The average Bonchev–Trinajstić information content (AvgIpc) is 3.54. The lowest BCUT2D eigenvalue weighted by molar-refractivity contribution is -0.136. The SMILES string of the molecule is COc1cc2c(cc1OC(C)C)C1C(c3cccs3)C=C(C(=O)N3CCCN(C(=O)C4(SC)CCC4)CC3)N1CC2. The molecule has 3 aliphatic heterocycles. The summed E-state index contributed by atoms with van der Waals surface area (Å²) in [5.74, 6) is 1.95. The summed E-state index contributed by atoms with van der Waals surface area (Å²) in [6.07, 6.45) is 9.00. The standard InChI is InChI=1S/C32H41N3O4S2/c1-21(2)39-27-20-23-22(18-26(27)38-3)9-14-35-25(19-24(29(23)35)28-8-5-17-41-28)30(36)33-12-7-13-34(16-15-33)31(37)32(40-4)10-6-11-32/h5,8,17-21,24,29H,6-7,9-16H2,1-4H3. The molecule has 0 N–H and O–H groups in total. The van der Waals surface area contributed by atoms with E-state index >= 15 is 0 Å². The molecular formula is C32H41N3O4S2. The predicted molar refractivity (Wildman–Crippen MR) is 165 cm³/mol. The van der Waals surface area contributed by atoms with Crippen molar-refractivity contribution in [3.05, 3.63) is 57.4 Å². The lowest BCUT2D eigenvalue weighted by Gasteiger charge is -2.42. The minimum absolute atomic E-state index is 0.0261. The van der Waals surface area contributed by atoms with Crippen LogP contribution in [0.2, 0.25) is 0 Å². The van der Waals surface area contributed by atoms with Crippen molar-refractivity contribution in [3.63, 3.8) is 0 Å². The number of fused-ring (bicyclic) bond motifs is 3. The minimum atomic E-state index is -0.240. The normalized spacial score (nSPS) is 23.3. The lowest BCUT2D eigenvalue weighted by Crippen LogP contribution is -2.52. The predicted octanol–water partition coefficient (Wildman–Crippen LogP) is 5.47. The van der Waals surface area contributed by atoms with Crippen molar-refractivity contribution in [1.82, 2.24) is 14.7 Å². The Kier molecular flexibility index (Phi) is 8.02. The van der Waals surface area contributed by atoms with Gasteiger partial charge in [0.25, 0.3) is 5.91 Å². The maximum atomic E-state index is 14.2. The lowest BCUT2D eigenvalue weighted by atomic mass is 9.83. The molecule has 2 unspecified atom stereocenters. The van der Waals surface area contributed by atoms with Crippen molar-refractivity contribution < 1.29 is 19.1 Å². The van der Waals surface area contributed by atoms with Crippen molar-refractivity contribution in [2.45, 2.75) is 68.8 Å². The van der Waals surface area contributed by atoms with Gasteiger partial charge in [0, 0.05) is 43.5 Å². The molecule has 2 fully saturated rings. The number of nitrogens with zero attached hydrogens (tertiary/aromatic N) is 3. The van der Waals surface area contributed by atoms with Gasteiger partial charge in [-0.25, -0.2) is 0 Å². The fourth-order valence-electron chi connectivity index (χ4n) is 6.87. The summed E-state index contributed by atoms with van der Waals surface area (Å²) in [5.41, 5.74) is 3.26. The van der Waals surface area contributed by atoms with E-state index in [9.17, 15) is 9.59 Å². The Balaban J connectivity index is 1.27. The summed E-state index contributed by atoms with van der Waals surface area (Å²) in [6.45, 7) is 7.41. The number of carbonyl (C=O) groups is 2. The monoisotopic (exact) mass is 595 g/mol. The zero-order valence-corrected chi connectivity index (χ0v) is 26.2. The van der Waals surface area contributed by atoms with Crippen molar-refractivity contribution in [3.8, 4) is 11.5 Å². The molecule has 220 valence electrons. The Labute approximate surface area is 251 Å². The Bertz CT molecular complexity index is 1310. The summed E-state index contributed by atoms with van der Waals surface area (Å²) in [6, 6.07) is 8.57.